The first-order valence-corrected chi connectivity index (χ1v) is 7.64. The second kappa shape index (κ2) is 5.32. The van der Waals surface area contributed by atoms with E-state index in [1.54, 1.807) is 0 Å². The van der Waals surface area contributed by atoms with Crippen LogP contribution in [0.15, 0.2) is 24.3 Å². The van der Waals surface area contributed by atoms with Crippen molar-refractivity contribution in [1.82, 2.24) is 0 Å². The van der Waals surface area contributed by atoms with Crippen molar-refractivity contribution in [3.05, 3.63) is 24.3 Å². The SMILES string of the molecule is CN(C)c1ccc([P+](C)(C)C)cc1.[I-]. The molecule has 0 aromatic heterocycles. The predicted molar refractivity (Wildman–Crippen MR) is 65.1 cm³/mol. The molecular weight excluding hydrogens is 304 g/mol. The Morgan fingerprint density at radius 2 is 1.36 bits per heavy atom. The first kappa shape index (κ1) is 14.2. The molecule has 0 aliphatic heterocycles. The van der Waals surface area contributed by atoms with E-state index in [0.29, 0.717) is 0 Å². The Hall–Kier alpha value is 0.180. The van der Waals surface area contributed by atoms with Crippen LogP contribution in [-0.4, -0.2) is 34.1 Å². The number of rotatable bonds is 2. The smallest absolute Gasteiger partial charge is 0.0932 e. The summed E-state index contributed by atoms with van der Waals surface area (Å²) in [5.74, 6) is 0. The van der Waals surface area contributed by atoms with Gasteiger partial charge in [0.1, 0.15) is 0 Å². The van der Waals surface area contributed by atoms with E-state index in [0.717, 1.165) is 0 Å². The van der Waals surface area contributed by atoms with Crippen LogP contribution in [0, 0.1) is 0 Å². The summed E-state index contributed by atoms with van der Waals surface area (Å²) in [5, 5.41) is 1.50. The summed E-state index contributed by atoms with van der Waals surface area (Å²) in [6.07, 6.45) is 0. The molecule has 0 radical (unpaired) electrons. The van der Waals surface area contributed by atoms with Crippen LogP contribution in [-0.2, 0) is 0 Å². The highest BCUT2D eigenvalue weighted by Crippen LogP contribution is 2.44. The molecule has 0 amide bonds. The first-order valence-electron chi connectivity index (χ1n) is 4.50. The highest BCUT2D eigenvalue weighted by atomic mass is 127. The van der Waals surface area contributed by atoms with E-state index in [2.05, 4.69) is 63.3 Å². The number of halogens is 1. The lowest BCUT2D eigenvalue weighted by Gasteiger charge is -2.15. The maximum Gasteiger partial charge on any atom is 0.0932 e. The Morgan fingerprint density at radius 1 is 0.929 bits per heavy atom. The third-order valence-electron chi connectivity index (χ3n) is 2.14. The van der Waals surface area contributed by atoms with E-state index in [9.17, 15) is 0 Å². The van der Waals surface area contributed by atoms with E-state index in [1.807, 2.05) is 0 Å². The van der Waals surface area contributed by atoms with Crippen molar-refractivity contribution in [2.24, 2.45) is 0 Å². The molecule has 0 heterocycles. The van der Waals surface area contributed by atoms with Crippen LogP contribution in [0.3, 0.4) is 0 Å². The van der Waals surface area contributed by atoms with E-state index >= 15 is 0 Å². The quantitative estimate of drug-likeness (QED) is 0.513. The predicted octanol–water partition coefficient (Wildman–Crippen LogP) is -0.711. The molecule has 1 nitrogen and oxygen atoms in total. The molecule has 1 aromatic carbocycles. The van der Waals surface area contributed by atoms with Crippen molar-refractivity contribution < 1.29 is 24.0 Å². The Kier molecular flexibility index (Phi) is 5.38. The third-order valence-corrected chi connectivity index (χ3v) is 3.99. The molecular formula is C11H19INP. The normalized spacial score (nSPS) is 10.6. The van der Waals surface area contributed by atoms with E-state index in [1.165, 1.54) is 11.0 Å². The molecule has 0 saturated heterocycles. The van der Waals surface area contributed by atoms with E-state index in [4.69, 9.17) is 0 Å². The Balaban J connectivity index is 0.00000169. The molecule has 0 saturated carbocycles. The topological polar surface area (TPSA) is 3.24 Å². The Labute approximate surface area is 105 Å². The fourth-order valence-corrected chi connectivity index (χ4v) is 2.24. The van der Waals surface area contributed by atoms with E-state index in [-0.39, 0.29) is 24.0 Å². The van der Waals surface area contributed by atoms with Crippen molar-refractivity contribution in [1.29, 1.82) is 0 Å². The molecule has 0 atom stereocenters. The lowest BCUT2D eigenvalue weighted by molar-refractivity contribution is -0.00000299. The highest BCUT2D eigenvalue weighted by Gasteiger charge is 2.20. The summed E-state index contributed by atoms with van der Waals surface area (Å²) < 4.78 is 0. The minimum absolute atomic E-state index is 0. The van der Waals surface area contributed by atoms with Gasteiger partial charge < -0.3 is 28.9 Å². The van der Waals surface area contributed by atoms with Gasteiger partial charge in [0.15, 0.2) is 0 Å². The molecule has 0 aliphatic carbocycles. The number of hydrogen-bond acceptors (Lipinski definition) is 1. The summed E-state index contributed by atoms with van der Waals surface area (Å²) in [6.45, 7) is 7.03. The van der Waals surface area contributed by atoms with Gasteiger partial charge in [-0.2, -0.15) is 0 Å². The van der Waals surface area contributed by atoms with Gasteiger partial charge in [-0.3, -0.25) is 0 Å². The molecule has 1 rings (SSSR count). The van der Waals surface area contributed by atoms with Crippen LogP contribution in [0.1, 0.15) is 0 Å². The van der Waals surface area contributed by atoms with Gasteiger partial charge in [0, 0.05) is 27.0 Å². The van der Waals surface area contributed by atoms with Crippen LogP contribution in [0.2, 0.25) is 0 Å². The van der Waals surface area contributed by atoms with Crippen molar-refractivity contribution in [3.8, 4) is 0 Å². The summed E-state index contributed by atoms with van der Waals surface area (Å²) in [5.41, 5.74) is 1.28. The van der Waals surface area contributed by atoms with Gasteiger partial charge in [-0.05, 0) is 24.3 Å². The summed E-state index contributed by atoms with van der Waals surface area (Å²) in [6, 6.07) is 8.90. The molecule has 0 N–H and O–H groups in total. The molecule has 3 heteroatoms. The average Bonchev–Trinajstić information content (AvgIpc) is 2.03. The van der Waals surface area contributed by atoms with Crippen LogP contribution < -0.4 is 34.2 Å². The van der Waals surface area contributed by atoms with Gasteiger partial charge in [0.2, 0.25) is 0 Å². The Bertz CT molecular complexity index is 274. The zero-order chi connectivity index (χ0) is 10.1. The van der Waals surface area contributed by atoms with Crippen molar-refractivity contribution in [2.75, 3.05) is 39.0 Å². The van der Waals surface area contributed by atoms with Crippen LogP contribution in [0.4, 0.5) is 5.69 Å². The molecule has 0 fully saturated rings. The summed E-state index contributed by atoms with van der Waals surface area (Å²) >= 11 is 0. The monoisotopic (exact) mass is 323 g/mol. The standard InChI is InChI=1S/C11H19NP.HI/c1-12(2)10-6-8-11(9-7-10)13(3,4)5;/h6-9H,1-5H3;1H/q+1;/p-1. The zero-order valence-corrected chi connectivity index (χ0v) is 12.6. The van der Waals surface area contributed by atoms with Crippen molar-refractivity contribution >= 4 is 18.3 Å². The fourth-order valence-electron chi connectivity index (χ4n) is 1.20. The zero-order valence-electron chi connectivity index (χ0n) is 9.58. The first-order chi connectivity index (χ1) is 5.91. The van der Waals surface area contributed by atoms with Crippen LogP contribution in [0.25, 0.3) is 0 Å². The van der Waals surface area contributed by atoms with E-state index < -0.39 is 7.26 Å². The summed E-state index contributed by atoms with van der Waals surface area (Å²) in [4.78, 5) is 2.13. The molecule has 80 valence electrons. The van der Waals surface area contributed by atoms with Gasteiger partial charge in [-0.1, -0.05) is 0 Å². The lowest BCUT2D eigenvalue weighted by Crippen LogP contribution is -3.00. The highest BCUT2D eigenvalue weighted by molar-refractivity contribution is 7.80. The lowest BCUT2D eigenvalue weighted by atomic mass is 10.3. The number of benzene rings is 1. The number of nitrogens with zero attached hydrogens (tertiary/aromatic N) is 1. The number of anilines is 1. The van der Waals surface area contributed by atoms with Gasteiger partial charge in [-0.25, -0.2) is 0 Å². The Morgan fingerprint density at radius 3 is 1.64 bits per heavy atom. The second-order valence-electron chi connectivity index (χ2n) is 4.42. The number of hydrogen-bond donors (Lipinski definition) is 0. The van der Waals surface area contributed by atoms with Crippen LogP contribution >= 0.6 is 7.26 Å². The van der Waals surface area contributed by atoms with Gasteiger partial charge in [0.05, 0.1) is 25.3 Å². The van der Waals surface area contributed by atoms with Gasteiger partial charge in [-0.15, -0.1) is 0 Å². The van der Waals surface area contributed by atoms with Gasteiger partial charge in [0.25, 0.3) is 0 Å². The molecule has 0 spiro atoms. The molecule has 0 unspecified atom stereocenters. The molecule has 0 bridgehead atoms. The summed E-state index contributed by atoms with van der Waals surface area (Å²) in [7, 11) is 3.30. The fraction of sp³-hybridized carbons (Fsp3) is 0.455. The van der Waals surface area contributed by atoms with Gasteiger partial charge >= 0.3 is 0 Å². The largest absolute Gasteiger partial charge is 1.00 e. The minimum Gasteiger partial charge on any atom is -1.00 e. The van der Waals surface area contributed by atoms with Crippen LogP contribution in [0.5, 0.6) is 0 Å². The maximum atomic E-state index is 2.34. The third kappa shape index (κ3) is 3.74. The van der Waals surface area contributed by atoms with Crippen molar-refractivity contribution in [2.45, 2.75) is 0 Å². The second-order valence-corrected chi connectivity index (χ2v) is 8.96. The molecule has 1 aromatic rings. The molecule has 0 aliphatic rings. The average molecular weight is 323 g/mol. The molecule has 14 heavy (non-hydrogen) atoms. The van der Waals surface area contributed by atoms with Crippen molar-refractivity contribution in [3.63, 3.8) is 0 Å². The minimum atomic E-state index is -0.837. The maximum absolute atomic E-state index is 2.34.